The molecule has 0 radical (unpaired) electrons. The second-order valence-corrected chi connectivity index (χ2v) is 6.48. The van der Waals surface area contributed by atoms with E-state index in [9.17, 15) is 4.79 Å². The average Bonchev–Trinajstić information content (AvgIpc) is 3.07. The molecule has 2 aromatic carbocycles. The fraction of sp³-hybridized carbons (Fsp3) is 0.238. The van der Waals surface area contributed by atoms with Crippen LogP contribution >= 0.6 is 0 Å². The highest BCUT2D eigenvalue weighted by Gasteiger charge is 2.24. The molecule has 1 saturated heterocycles. The van der Waals surface area contributed by atoms with E-state index in [1.165, 1.54) is 5.56 Å². The van der Waals surface area contributed by atoms with E-state index in [0.29, 0.717) is 6.42 Å². The molecule has 1 atom stereocenters. The molecule has 1 fully saturated rings. The third-order valence-corrected chi connectivity index (χ3v) is 4.62. The number of rotatable bonds is 4. The number of hydrogen-bond donors (Lipinski definition) is 1. The normalized spacial score (nSPS) is 17.3. The zero-order chi connectivity index (χ0) is 17.1. The summed E-state index contributed by atoms with van der Waals surface area (Å²) in [4.78, 5) is 16.7. The topological polar surface area (TPSA) is 46.9 Å². The molecule has 1 N–H and O–H groups in total. The molecule has 4 rings (SSSR count). The number of nitrogens with zero attached hydrogens (tertiary/aromatic N) is 2. The lowest BCUT2D eigenvalue weighted by molar-refractivity contribution is -0.123. The van der Waals surface area contributed by atoms with Crippen molar-refractivity contribution >= 4 is 5.91 Å². The van der Waals surface area contributed by atoms with Crippen molar-refractivity contribution in [2.24, 2.45) is 0 Å². The minimum absolute atomic E-state index is 0.0116. The maximum Gasteiger partial charge on any atom is 0.220 e. The van der Waals surface area contributed by atoms with Gasteiger partial charge in [-0.25, -0.2) is 4.98 Å². The number of benzene rings is 2. The number of piperidine rings is 1. The maximum atomic E-state index is 11.8. The van der Waals surface area contributed by atoms with Crippen molar-refractivity contribution in [2.45, 2.75) is 31.8 Å². The summed E-state index contributed by atoms with van der Waals surface area (Å²) in [5.41, 5.74) is 3.27. The highest BCUT2D eigenvalue weighted by molar-refractivity contribution is 5.77. The van der Waals surface area contributed by atoms with Crippen LogP contribution in [-0.2, 0) is 11.3 Å². The third kappa shape index (κ3) is 3.48. The van der Waals surface area contributed by atoms with E-state index in [1.54, 1.807) is 0 Å². The van der Waals surface area contributed by atoms with Crippen LogP contribution in [0.25, 0.3) is 11.3 Å². The van der Waals surface area contributed by atoms with Gasteiger partial charge in [0, 0.05) is 24.7 Å². The van der Waals surface area contributed by atoms with E-state index in [1.807, 2.05) is 36.4 Å². The van der Waals surface area contributed by atoms with Gasteiger partial charge < -0.3 is 9.88 Å². The van der Waals surface area contributed by atoms with E-state index in [-0.39, 0.29) is 11.9 Å². The largest absolute Gasteiger partial charge is 0.346 e. The Morgan fingerprint density at radius 3 is 2.48 bits per heavy atom. The van der Waals surface area contributed by atoms with Gasteiger partial charge in [0.2, 0.25) is 5.91 Å². The van der Waals surface area contributed by atoms with Crippen molar-refractivity contribution in [3.8, 4) is 11.3 Å². The van der Waals surface area contributed by atoms with E-state index in [2.05, 4.69) is 40.3 Å². The van der Waals surface area contributed by atoms with Crippen LogP contribution in [0.3, 0.4) is 0 Å². The molecule has 1 amide bonds. The Kier molecular flexibility index (Phi) is 4.34. The standard InChI is InChI=1S/C21H21N3O/c25-20-13-7-12-18(22-20)21-23-19(17-10-5-2-6-11-17)15-24(21)14-16-8-3-1-4-9-16/h1-6,8-11,15,18H,7,12-14H2,(H,22,25). The number of nitrogens with one attached hydrogen (secondary N) is 1. The van der Waals surface area contributed by atoms with E-state index in [0.717, 1.165) is 36.5 Å². The fourth-order valence-corrected chi connectivity index (χ4v) is 3.36. The number of imidazole rings is 1. The molecule has 4 heteroatoms. The molecule has 0 aliphatic carbocycles. The summed E-state index contributed by atoms with van der Waals surface area (Å²) in [6, 6.07) is 20.5. The summed E-state index contributed by atoms with van der Waals surface area (Å²) in [6.07, 6.45) is 4.56. The SMILES string of the molecule is O=C1CCCC(c2nc(-c3ccccc3)cn2Cc2ccccc2)N1. The van der Waals surface area contributed by atoms with Crippen molar-refractivity contribution < 1.29 is 4.79 Å². The van der Waals surface area contributed by atoms with Crippen LogP contribution in [0.4, 0.5) is 0 Å². The van der Waals surface area contributed by atoms with Crippen LogP contribution in [0.2, 0.25) is 0 Å². The molecule has 1 aliphatic rings. The van der Waals surface area contributed by atoms with Crippen molar-refractivity contribution in [1.29, 1.82) is 0 Å². The van der Waals surface area contributed by atoms with Gasteiger partial charge in [0.05, 0.1) is 11.7 Å². The Morgan fingerprint density at radius 1 is 1.04 bits per heavy atom. The monoisotopic (exact) mass is 331 g/mol. The number of hydrogen-bond acceptors (Lipinski definition) is 2. The van der Waals surface area contributed by atoms with E-state index < -0.39 is 0 Å². The molecule has 0 saturated carbocycles. The third-order valence-electron chi connectivity index (χ3n) is 4.62. The summed E-state index contributed by atoms with van der Waals surface area (Å²) in [5.74, 6) is 1.06. The first-order valence-corrected chi connectivity index (χ1v) is 8.75. The Labute approximate surface area is 147 Å². The summed E-state index contributed by atoms with van der Waals surface area (Å²) < 4.78 is 2.17. The van der Waals surface area contributed by atoms with Crippen molar-refractivity contribution in [2.75, 3.05) is 0 Å². The smallest absolute Gasteiger partial charge is 0.220 e. The van der Waals surface area contributed by atoms with Crippen LogP contribution in [0, 0.1) is 0 Å². The maximum absolute atomic E-state index is 11.8. The molecule has 1 aromatic heterocycles. The molecule has 4 nitrogen and oxygen atoms in total. The predicted octanol–water partition coefficient (Wildman–Crippen LogP) is 3.94. The van der Waals surface area contributed by atoms with E-state index >= 15 is 0 Å². The van der Waals surface area contributed by atoms with Gasteiger partial charge in [0.25, 0.3) is 0 Å². The second kappa shape index (κ2) is 6.93. The fourth-order valence-electron chi connectivity index (χ4n) is 3.36. The van der Waals surface area contributed by atoms with Gasteiger partial charge >= 0.3 is 0 Å². The number of amides is 1. The zero-order valence-corrected chi connectivity index (χ0v) is 14.1. The van der Waals surface area contributed by atoms with Gasteiger partial charge in [-0.05, 0) is 18.4 Å². The molecule has 0 spiro atoms. The summed E-state index contributed by atoms with van der Waals surface area (Å²) in [6.45, 7) is 0.752. The lowest BCUT2D eigenvalue weighted by Gasteiger charge is -2.23. The quantitative estimate of drug-likeness (QED) is 0.787. The first-order chi connectivity index (χ1) is 12.3. The van der Waals surface area contributed by atoms with Crippen molar-refractivity contribution in [1.82, 2.24) is 14.9 Å². The molecular formula is C21H21N3O. The highest BCUT2D eigenvalue weighted by Crippen LogP contribution is 2.27. The lowest BCUT2D eigenvalue weighted by atomic mass is 10.0. The predicted molar refractivity (Wildman–Crippen MR) is 97.9 cm³/mol. The molecule has 2 heterocycles. The summed E-state index contributed by atoms with van der Waals surface area (Å²) in [5, 5.41) is 3.10. The average molecular weight is 331 g/mol. The minimum atomic E-state index is -0.0116. The lowest BCUT2D eigenvalue weighted by Crippen LogP contribution is -2.34. The van der Waals surface area contributed by atoms with Crippen LogP contribution in [-0.4, -0.2) is 15.5 Å². The molecule has 3 aromatic rings. The molecular weight excluding hydrogens is 310 g/mol. The highest BCUT2D eigenvalue weighted by atomic mass is 16.1. The minimum Gasteiger partial charge on any atom is -0.346 e. The van der Waals surface area contributed by atoms with Gasteiger partial charge in [-0.2, -0.15) is 0 Å². The van der Waals surface area contributed by atoms with Crippen LogP contribution in [0.15, 0.2) is 66.9 Å². The molecule has 1 unspecified atom stereocenters. The Morgan fingerprint density at radius 2 is 1.76 bits per heavy atom. The van der Waals surface area contributed by atoms with Gasteiger partial charge in [-0.3, -0.25) is 4.79 Å². The van der Waals surface area contributed by atoms with Crippen LogP contribution in [0.5, 0.6) is 0 Å². The first-order valence-electron chi connectivity index (χ1n) is 8.75. The van der Waals surface area contributed by atoms with Crippen LogP contribution < -0.4 is 5.32 Å². The van der Waals surface area contributed by atoms with Gasteiger partial charge in [0.15, 0.2) is 0 Å². The van der Waals surface area contributed by atoms with Gasteiger partial charge in [0.1, 0.15) is 5.82 Å². The summed E-state index contributed by atoms with van der Waals surface area (Å²) in [7, 11) is 0. The van der Waals surface area contributed by atoms with Gasteiger partial charge in [-0.1, -0.05) is 60.7 Å². The van der Waals surface area contributed by atoms with Crippen molar-refractivity contribution in [3.05, 3.63) is 78.2 Å². The number of carbonyl (C=O) groups excluding carboxylic acids is 1. The number of carbonyl (C=O) groups is 1. The molecule has 1 aliphatic heterocycles. The zero-order valence-electron chi connectivity index (χ0n) is 14.1. The Bertz CT molecular complexity index is 855. The Balaban J connectivity index is 1.72. The molecule has 0 bridgehead atoms. The van der Waals surface area contributed by atoms with Gasteiger partial charge in [-0.15, -0.1) is 0 Å². The summed E-state index contributed by atoms with van der Waals surface area (Å²) >= 11 is 0. The second-order valence-electron chi connectivity index (χ2n) is 6.48. The molecule has 25 heavy (non-hydrogen) atoms. The van der Waals surface area contributed by atoms with Crippen molar-refractivity contribution in [3.63, 3.8) is 0 Å². The van der Waals surface area contributed by atoms with E-state index in [4.69, 9.17) is 4.98 Å². The first kappa shape index (κ1) is 15.6. The Hall–Kier alpha value is -2.88. The molecule has 126 valence electrons. The number of aromatic nitrogens is 2. The van der Waals surface area contributed by atoms with Crippen LogP contribution in [0.1, 0.15) is 36.7 Å².